The van der Waals surface area contributed by atoms with Crippen molar-refractivity contribution in [1.29, 1.82) is 0 Å². The van der Waals surface area contributed by atoms with E-state index in [4.69, 9.17) is 0 Å². The Hall–Kier alpha value is -0.570. The molecule has 1 saturated heterocycles. The van der Waals surface area contributed by atoms with Gasteiger partial charge in [0.15, 0.2) is 0 Å². The number of amides is 1. The third kappa shape index (κ3) is 4.60. The quantitative estimate of drug-likeness (QED) is 0.753. The Bertz CT molecular complexity index is 255. The normalized spacial score (nSPS) is 24.9. The Morgan fingerprint density at radius 2 is 1.83 bits per heavy atom. The van der Waals surface area contributed by atoms with Gasteiger partial charge in [0.1, 0.15) is 0 Å². The summed E-state index contributed by atoms with van der Waals surface area (Å²) in [5.41, 5.74) is 0. The molecular weight excluding hydrogens is 224 g/mol. The molecule has 1 rings (SSSR count). The first-order valence-corrected chi connectivity index (χ1v) is 7.41. The minimum Gasteiger partial charge on any atom is -0.336 e. The summed E-state index contributed by atoms with van der Waals surface area (Å²) in [6, 6.07) is 0.833. The molecule has 0 radical (unpaired) electrons. The van der Waals surface area contributed by atoms with E-state index in [9.17, 15) is 4.79 Å². The van der Waals surface area contributed by atoms with Crippen LogP contribution in [-0.2, 0) is 4.79 Å². The van der Waals surface area contributed by atoms with Gasteiger partial charge in [-0.2, -0.15) is 0 Å². The highest BCUT2D eigenvalue weighted by atomic mass is 16.2. The van der Waals surface area contributed by atoms with Gasteiger partial charge in [0.25, 0.3) is 0 Å². The number of piperidine rings is 1. The van der Waals surface area contributed by atoms with Gasteiger partial charge in [-0.1, -0.05) is 13.8 Å². The van der Waals surface area contributed by atoms with Crippen LogP contribution < -0.4 is 0 Å². The Morgan fingerprint density at radius 3 is 2.33 bits per heavy atom. The molecule has 1 fully saturated rings. The van der Waals surface area contributed by atoms with Crippen molar-refractivity contribution in [2.75, 3.05) is 20.1 Å². The maximum Gasteiger partial charge on any atom is 0.237 e. The first-order chi connectivity index (χ1) is 8.41. The lowest BCUT2D eigenvalue weighted by Crippen LogP contribution is -2.50. The van der Waals surface area contributed by atoms with Crippen LogP contribution in [0.25, 0.3) is 0 Å². The lowest BCUT2D eigenvalue weighted by atomic mass is 9.97. The van der Waals surface area contributed by atoms with Crippen LogP contribution >= 0.6 is 0 Å². The molecule has 1 aliphatic heterocycles. The van der Waals surface area contributed by atoms with E-state index in [2.05, 4.69) is 44.5 Å². The molecule has 0 saturated carbocycles. The van der Waals surface area contributed by atoms with Crippen LogP contribution in [0.4, 0.5) is 0 Å². The van der Waals surface area contributed by atoms with Crippen LogP contribution in [0, 0.1) is 5.92 Å². The molecular formula is C15H30N2O. The van der Waals surface area contributed by atoms with Crippen LogP contribution in [0.3, 0.4) is 0 Å². The van der Waals surface area contributed by atoms with E-state index in [1.54, 1.807) is 0 Å². The van der Waals surface area contributed by atoms with Crippen molar-refractivity contribution in [1.82, 2.24) is 9.80 Å². The zero-order valence-electron chi connectivity index (χ0n) is 12.8. The van der Waals surface area contributed by atoms with Crippen LogP contribution in [0.5, 0.6) is 0 Å². The molecule has 0 aromatic carbocycles. The van der Waals surface area contributed by atoms with Crippen molar-refractivity contribution in [3.63, 3.8) is 0 Å². The number of hydrogen-bond donors (Lipinski definition) is 0. The minimum absolute atomic E-state index is 0.306. The molecule has 2 unspecified atom stereocenters. The summed E-state index contributed by atoms with van der Waals surface area (Å²) in [4.78, 5) is 16.6. The van der Waals surface area contributed by atoms with Gasteiger partial charge in [0.2, 0.25) is 5.91 Å². The summed E-state index contributed by atoms with van der Waals surface area (Å²) in [6.07, 6.45) is 4.74. The van der Waals surface area contributed by atoms with Crippen molar-refractivity contribution in [3.8, 4) is 0 Å². The van der Waals surface area contributed by atoms with Crippen molar-refractivity contribution < 1.29 is 4.79 Å². The van der Waals surface area contributed by atoms with Crippen molar-refractivity contribution in [2.45, 2.75) is 65.5 Å². The minimum atomic E-state index is 0.306. The average molecular weight is 254 g/mol. The number of hydrogen-bond acceptors (Lipinski definition) is 2. The maximum atomic E-state index is 12.4. The summed E-state index contributed by atoms with van der Waals surface area (Å²) in [5.74, 6) is 1.01. The number of carbonyl (C=O) groups is 1. The van der Waals surface area contributed by atoms with Gasteiger partial charge in [0.05, 0.1) is 6.54 Å². The largest absolute Gasteiger partial charge is 0.336 e. The second kappa shape index (κ2) is 7.13. The van der Waals surface area contributed by atoms with Gasteiger partial charge < -0.3 is 4.90 Å². The molecule has 1 amide bonds. The highest BCUT2D eigenvalue weighted by Gasteiger charge is 2.28. The molecule has 18 heavy (non-hydrogen) atoms. The van der Waals surface area contributed by atoms with Crippen LogP contribution in [0.1, 0.15) is 53.4 Å². The van der Waals surface area contributed by atoms with Gasteiger partial charge >= 0.3 is 0 Å². The third-order valence-corrected chi connectivity index (χ3v) is 3.97. The van der Waals surface area contributed by atoms with Gasteiger partial charge in [-0.05, 0) is 59.0 Å². The molecule has 0 bridgehead atoms. The van der Waals surface area contributed by atoms with E-state index >= 15 is 0 Å². The number of rotatable bonds is 5. The Morgan fingerprint density at radius 1 is 1.28 bits per heavy atom. The molecule has 106 valence electrons. The summed E-state index contributed by atoms with van der Waals surface area (Å²) >= 11 is 0. The van der Waals surface area contributed by atoms with E-state index in [-0.39, 0.29) is 0 Å². The summed E-state index contributed by atoms with van der Waals surface area (Å²) < 4.78 is 0. The molecule has 3 nitrogen and oxygen atoms in total. The van der Waals surface area contributed by atoms with E-state index in [0.29, 0.717) is 30.5 Å². The standard InChI is InChI=1S/C15H30N2O/c1-12(2)9-10-16(5)11-15(18)17-13(3)7-6-8-14(17)4/h12-14H,6-11H2,1-5H3. The first kappa shape index (κ1) is 15.5. The van der Waals surface area contributed by atoms with E-state index in [1.807, 2.05) is 0 Å². The summed E-state index contributed by atoms with van der Waals surface area (Å²) in [6.45, 7) is 10.4. The SMILES string of the molecule is CC(C)CCN(C)CC(=O)N1C(C)CCCC1C. The number of carbonyl (C=O) groups excluding carboxylic acids is 1. The van der Waals surface area contributed by atoms with Crippen molar-refractivity contribution >= 4 is 5.91 Å². The van der Waals surface area contributed by atoms with E-state index in [1.165, 1.54) is 6.42 Å². The molecule has 0 aliphatic carbocycles. The van der Waals surface area contributed by atoms with Crippen molar-refractivity contribution in [3.05, 3.63) is 0 Å². The van der Waals surface area contributed by atoms with Crippen molar-refractivity contribution in [2.24, 2.45) is 5.92 Å². The average Bonchev–Trinajstić information content (AvgIpc) is 2.26. The molecule has 3 heteroatoms. The summed E-state index contributed by atoms with van der Waals surface area (Å²) in [5, 5.41) is 0. The predicted octanol–water partition coefficient (Wildman–Crippen LogP) is 2.75. The maximum absolute atomic E-state index is 12.4. The fourth-order valence-corrected chi connectivity index (χ4v) is 2.78. The zero-order valence-corrected chi connectivity index (χ0v) is 12.8. The Labute approximate surface area is 113 Å². The molecule has 2 atom stereocenters. The van der Waals surface area contributed by atoms with Crippen LogP contribution in [-0.4, -0.2) is 47.9 Å². The molecule has 0 aromatic heterocycles. The monoisotopic (exact) mass is 254 g/mol. The zero-order chi connectivity index (χ0) is 13.7. The van der Waals surface area contributed by atoms with E-state index in [0.717, 1.165) is 25.8 Å². The fraction of sp³-hybridized carbons (Fsp3) is 0.933. The number of likely N-dealkylation sites (tertiary alicyclic amines) is 1. The second-order valence-electron chi connectivity index (χ2n) is 6.35. The fourth-order valence-electron chi connectivity index (χ4n) is 2.78. The Kier molecular flexibility index (Phi) is 6.13. The second-order valence-corrected chi connectivity index (χ2v) is 6.35. The first-order valence-electron chi connectivity index (χ1n) is 7.41. The third-order valence-electron chi connectivity index (χ3n) is 3.97. The molecule has 0 spiro atoms. The molecule has 1 aliphatic rings. The molecule has 0 aromatic rings. The molecule has 1 heterocycles. The summed E-state index contributed by atoms with van der Waals surface area (Å²) in [7, 11) is 2.06. The Balaban J connectivity index is 2.43. The predicted molar refractivity (Wildman–Crippen MR) is 76.6 cm³/mol. The van der Waals surface area contributed by atoms with Gasteiger partial charge in [-0.25, -0.2) is 0 Å². The van der Waals surface area contributed by atoms with E-state index < -0.39 is 0 Å². The lowest BCUT2D eigenvalue weighted by molar-refractivity contribution is -0.138. The number of likely N-dealkylation sites (N-methyl/N-ethyl adjacent to an activating group) is 1. The smallest absolute Gasteiger partial charge is 0.237 e. The molecule has 0 N–H and O–H groups in total. The van der Waals surface area contributed by atoms with Gasteiger partial charge in [-0.3, -0.25) is 9.69 Å². The van der Waals surface area contributed by atoms with Crippen LogP contribution in [0.15, 0.2) is 0 Å². The topological polar surface area (TPSA) is 23.6 Å². The van der Waals surface area contributed by atoms with Gasteiger partial charge in [-0.15, -0.1) is 0 Å². The van der Waals surface area contributed by atoms with Gasteiger partial charge in [0, 0.05) is 12.1 Å². The van der Waals surface area contributed by atoms with Crippen LogP contribution in [0.2, 0.25) is 0 Å². The highest BCUT2D eigenvalue weighted by molar-refractivity contribution is 5.79. The number of nitrogens with zero attached hydrogens (tertiary/aromatic N) is 2. The highest BCUT2D eigenvalue weighted by Crippen LogP contribution is 2.22. The lowest BCUT2D eigenvalue weighted by Gasteiger charge is -2.39.